The maximum Gasteiger partial charge on any atom is 0.129 e. The van der Waals surface area contributed by atoms with E-state index in [9.17, 15) is 0 Å². The quantitative estimate of drug-likeness (QED) is 0.753. The van der Waals surface area contributed by atoms with Crippen molar-refractivity contribution in [3.63, 3.8) is 0 Å². The van der Waals surface area contributed by atoms with Gasteiger partial charge in [0, 0.05) is 12.2 Å². The predicted octanol–water partition coefficient (Wildman–Crippen LogP) is 3.15. The summed E-state index contributed by atoms with van der Waals surface area (Å²) in [5, 5.41) is 0.606. The number of halogens is 1. The molecule has 1 fully saturated rings. The van der Waals surface area contributed by atoms with Crippen LogP contribution in [0.1, 0.15) is 31.2 Å². The van der Waals surface area contributed by atoms with Crippen LogP contribution in [0.5, 0.6) is 0 Å². The lowest BCUT2D eigenvalue weighted by molar-refractivity contribution is 0.176. The van der Waals surface area contributed by atoms with Crippen LogP contribution in [0.4, 0.5) is 0 Å². The van der Waals surface area contributed by atoms with Gasteiger partial charge in [-0.05, 0) is 57.0 Å². The van der Waals surface area contributed by atoms with E-state index < -0.39 is 0 Å². The van der Waals surface area contributed by atoms with E-state index in [1.165, 1.54) is 37.8 Å². The minimum absolute atomic E-state index is 0.606. The zero-order chi connectivity index (χ0) is 11.4. The summed E-state index contributed by atoms with van der Waals surface area (Å²) in [4.78, 5) is 6.50. The molecular formula is C13H19ClN2. The molecule has 2 heterocycles. The summed E-state index contributed by atoms with van der Waals surface area (Å²) in [6.45, 7) is 1.25. The van der Waals surface area contributed by atoms with E-state index in [-0.39, 0.29) is 0 Å². The highest BCUT2D eigenvalue weighted by Gasteiger charge is 2.18. The van der Waals surface area contributed by atoms with Crippen molar-refractivity contribution in [1.29, 1.82) is 0 Å². The fourth-order valence-electron chi connectivity index (χ4n) is 2.44. The molecule has 0 saturated carbocycles. The van der Waals surface area contributed by atoms with Gasteiger partial charge in [0.15, 0.2) is 0 Å². The Balaban J connectivity index is 1.86. The maximum absolute atomic E-state index is 5.87. The zero-order valence-corrected chi connectivity index (χ0v) is 10.6. The lowest BCUT2D eigenvalue weighted by Gasteiger charge is -2.32. The minimum atomic E-state index is 0.606. The largest absolute Gasteiger partial charge is 0.303 e. The van der Waals surface area contributed by atoms with Crippen molar-refractivity contribution in [2.24, 2.45) is 0 Å². The van der Waals surface area contributed by atoms with Gasteiger partial charge >= 0.3 is 0 Å². The second-order valence-corrected chi connectivity index (χ2v) is 5.04. The van der Waals surface area contributed by atoms with Gasteiger partial charge in [-0.25, -0.2) is 4.98 Å². The van der Waals surface area contributed by atoms with E-state index in [0.29, 0.717) is 5.15 Å². The van der Waals surface area contributed by atoms with Crippen LogP contribution in [-0.2, 0) is 6.42 Å². The summed E-state index contributed by atoms with van der Waals surface area (Å²) >= 11 is 5.87. The molecule has 1 aromatic heterocycles. The number of likely N-dealkylation sites (tertiary alicyclic amines) is 1. The molecule has 1 saturated heterocycles. The number of aryl methyl sites for hydroxylation is 1. The number of hydrogen-bond acceptors (Lipinski definition) is 2. The number of nitrogens with zero attached hydrogens (tertiary/aromatic N) is 2. The van der Waals surface area contributed by atoms with Crippen molar-refractivity contribution in [2.45, 2.75) is 38.1 Å². The molecule has 1 aliphatic rings. The van der Waals surface area contributed by atoms with Gasteiger partial charge in [-0.3, -0.25) is 0 Å². The van der Waals surface area contributed by atoms with E-state index >= 15 is 0 Å². The third-order valence-corrected chi connectivity index (χ3v) is 3.69. The van der Waals surface area contributed by atoms with Gasteiger partial charge in [-0.1, -0.05) is 18.0 Å². The fraction of sp³-hybridized carbons (Fsp3) is 0.615. The zero-order valence-electron chi connectivity index (χ0n) is 9.82. The first-order chi connectivity index (χ1) is 7.75. The van der Waals surface area contributed by atoms with E-state index in [1.54, 1.807) is 6.20 Å². The molecule has 0 N–H and O–H groups in total. The smallest absolute Gasteiger partial charge is 0.129 e. The van der Waals surface area contributed by atoms with Crippen LogP contribution in [0, 0.1) is 0 Å². The molecule has 3 heteroatoms. The van der Waals surface area contributed by atoms with Crippen LogP contribution in [0.25, 0.3) is 0 Å². The minimum Gasteiger partial charge on any atom is -0.303 e. The van der Waals surface area contributed by atoms with Crippen molar-refractivity contribution in [1.82, 2.24) is 9.88 Å². The topological polar surface area (TPSA) is 16.1 Å². The van der Waals surface area contributed by atoms with Crippen molar-refractivity contribution in [3.05, 3.63) is 29.0 Å². The van der Waals surface area contributed by atoms with Crippen molar-refractivity contribution in [2.75, 3.05) is 13.6 Å². The predicted molar refractivity (Wildman–Crippen MR) is 67.8 cm³/mol. The van der Waals surface area contributed by atoms with Crippen LogP contribution in [0.15, 0.2) is 18.3 Å². The molecule has 88 valence electrons. The van der Waals surface area contributed by atoms with E-state index in [0.717, 1.165) is 12.5 Å². The van der Waals surface area contributed by atoms with Crippen LogP contribution < -0.4 is 0 Å². The van der Waals surface area contributed by atoms with Gasteiger partial charge < -0.3 is 4.90 Å². The van der Waals surface area contributed by atoms with Crippen LogP contribution in [0.3, 0.4) is 0 Å². The highest BCUT2D eigenvalue weighted by atomic mass is 35.5. The highest BCUT2D eigenvalue weighted by Crippen LogP contribution is 2.20. The van der Waals surface area contributed by atoms with Gasteiger partial charge in [0.25, 0.3) is 0 Å². The molecule has 0 spiro atoms. The third-order valence-electron chi connectivity index (χ3n) is 3.48. The average molecular weight is 239 g/mol. The molecule has 0 amide bonds. The molecule has 0 unspecified atom stereocenters. The van der Waals surface area contributed by atoms with Crippen LogP contribution >= 0.6 is 11.6 Å². The molecule has 1 atom stereocenters. The van der Waals surface area contributed by atoms with Crippen molar-refractivity contribution >= 4 is 11.6 Å². The third kappa shape index (κ3) is 3.19. The molecule has 0 radical (unpaired) electrons. The standard InChI is InChI=1S/C13H19ClN2/c1-16-9-3-2-4-12(16)6-5-11-7-8-15-13(14)10-11/h7-8,10,12H,2-6,9H2,1H3/t12-/m1/s1. The van der Waals surface area contributed by atoms with Crippen LogP contribution in [0.2, 0.25) is 5.15 Å². The van der Waals surface area contributed by atoms with Gasteiger partial charge in [0.05, 0.1) is 0 Å². The summed E-state index contributed by atoms with van der Waals surface area (Å²) in [5.74, 6) is 0. The van der Waals surface area contributed by atoms with Crippen molar-refractivity contribution < 1.29 is 0 Å². The Morgan fingerprint density at radius 1 is 1.50 bits per heavy atom. The number of aromatic nitrogens is 1. The highest BCUT2D eigenvalue weighted by molar-refractivity contribution is 6.29. The molecule has 0 aliphatic carbocycles. The second-order valence-electron chi connectivity index (χ2n) is 4.66. The van der Waals surface area contributed by atoms with Crippen LogP contribution in [-0.4, -0.2) is 29.5 Å². The molecule has 16 heavy (non-hydrogen) atoms. The molecular weight excluding hydrogens is 220 g/mol. The van der Waals surface area contributed by atoms with E-state index in [4.69, 9.17) is 11.6 Å². The molecule has 0 aromatic carbocycles. The second kappa shape index (κ2) is 5.65. The first kappa shape index (κ1) is 11.9. The maximum atomic E-state index is 5.87. The summed E-state index contributed by atoms with van der Waals surface area (Å²) in [7, 11) is 2.24. The normalized spacial score (nSPS) is 22.2. The number of hydrogen-bond donors (Lipinski definition) is 0. The monoisotopic (exact) mass is 238 g/mol. The number of pyridine rings is 1. The molecule has 1 aromatic rings. The number of rotatable bonds is 3. The lowest BCUT2D eigenvalue weighted by atomic mass is 9.97. The summed E-state index contributed by atoms with van der Waals surface area (Å²) < 4.78 is 0. The summed E-state index contributed by atoms with van der Waals surface area (Å²) in [6, 6.07) is 4.79. The number of piperidine rings is 1. The first-order valence-corrected chi connectivity index (χ1v) is 6.44. The fourth-order valence-corrected chi connectivity index (χ4v) is 2.64. The molecule has 2 rings (SSSR count). The average Bonchev–Trinajstić information content (AvgIpc) is 2.28. The summed E-state index contributed by atoms with van der Waals surface area (Å²) in [6.07, 6.45) is 8.21. The van der Waals surface area contributed by atoms with Crippen molar-refractivity contribution in [3.8, 4) is 0 Å². The Morgan fingerprint density at radius 2 is 2.38 bits per heavy atom. The Morgan fingerprint density at radius 3 is 3.12 bits per heavy atom. The SMILES string of the molecule is CN1CCCC[C@@H]1CCc1ccnc(Cl)c1. The molecule has 0 bridgehead atoms. The van der Waals surface area contributed by atoms with Gasteiger partial charge in [0.2, 0.25) is 0 Å². The molecule has 2 nitrogen and oxygen atoms in total. The Bertz CT molecular complexity index is 340. The Kier molecular flexibility index (Phi) is 4.19. The van der Waals surface area contributed by atoms with Gasteiger partial charge in [-0.15, -0.1) is 0 Å². The van der Waals surface area contributed by atoms with Gasteiger partial charge in [0.1, 0.15) is 5.15 Å². The summed E-state index contributed by atoms with van der Waals surface area (Å²) in [5.41, 5.74) is 1.30. The molecule has 1 aliphatic heterocycles. The lowest BCUT2D eigenvalue weighted by Crippen LogP contribution is -2.36. The Labute approximate surface area is 103 Å². The first-order valence-electron chi connectivity index (χ1n) is 6.06. The van der Waals surface area contributed by atoms with E-state index in [1.807, 2.05) is 6.07 Å². The Hall–Kier alpha value is -0.600. The van der Waals surface area contributed by atoms with Gasteiger partial charge in [-0.2, -0.15) is 0 Å². The van der Waals surface area contributed by atoms with E-state index in [2.05, 4.69) is 23.0 Å².